The average Bonchev–Trinajstić information content (AvgIpc) is 2.64. The normalized spacial score (nSPS) is 18.5. The van der Waals surface area contributed by atoms with Crippen LogP contribution in [0.25, 0.3) is 0 Å². The minimum Gasteiger partial charge on any atom is -0.426 e. The van der Waals surface area contributed by atoms with Gasteiger partial charge in [-0.3, -0.25) is 4.79 Å². The van der Waals surface area contributed by atoms with Crippen molar-refractivity contribution in [3.05, 3.63) is 41.5 Å². The summed E-state index contributed by atoms with van der Waals surface area (Å²) in [5.74, 6) is 0.169. The van der Waals surface area contributed by atoms with Crippen LogP contribution in [0.15, 0.2) is 35.9 Å². The van der Waals surface area contributed by atoms with Crippen molar-refractivity contribution in [2.45, 2.75) is 64.5 Å². The van der Waals surface area contributed by atoms with Crippen molar-refractivity contribution in [3.8, 4) is 5.75 Å². The largest absolute Gasteiger partial charge is 0.426 e. The summed E-state index contributed by atoms with van der Waals surface area (Å²) < 4.78 is 30.7. The van der Waals surface area contributed by atoms with E-state index in [0.717, 1.165) is 25.7 Å². The monoisotopic (exact) mass is 350 g/mol. The van der Waals surface area contributed by atoms with Gasteiger partial charge in [0.15, 0.2) is 0 Å². The van der Waals surface area contributed by atoms with Crippen LogP contribution in [-0.4, -0.2) is 18.8 Å². The third kappa shape index (κ3) is 6.60. The topological polar surface area (TPSA) is 26.3 Å². The zero-order chi connectivity index (χ0) is 18.1. The number of carbonyl (C=O) groups excluding carboxylic acids is 1. The maximum atomic E-state index is 13.0. The minimum absolute atomic E-state index is 0.0406. The molecular weight excluding hydrogens is 322 g/mol. The number of benzene rings is 1. The molecule has 0 fully saturated rings. The molecule has 0 aliphatic heterocycles. The van der Waals surface area contributed by atoms with Crippen LogP contribution in [0.3, 0.4) is 0 Å². The summed E-state index contributed by atoms with van der Waals surface area (Å²) >= 11 is 0. The van der Waals surface area contributed by atoms with Crippen molar-refractivity contribution in [2.75, 3.05) is 6.67 Å². The number of allylic oxidation sites excluding steroid dienone is 2. The molecule has 0 bridgehead atoms. The van der Waals surface area contributed by atoms with Gasteiger partial charge in [0.25, 0.3) is 0 Å². The quantitative estimate of drug-likeness (QED) is 0.245. The number of rotatable bonds is 9. The van der Waals surface area contributed by atoms with Crippen LogP contribution >= 0.6 is 0 Å². The third-order valence-corrected chi connectivity index (χ3v) is 4.71. The maximum Gasteiger partial charge on any atom is 0.314 e. The van der Waals surface area contributed by atoms with Crippen LogP contribution in [0.4, 0.5) is 8.78 Å². The number of carbonyl (C=O) groups is 1. The molecule has 1 aliphatic rings. The van der Waals surface area contributed by atoms with E-state index in [-0.39, 0.29) is 18.3 Å². The summed E-state index contributed by atoms with van der Waals surface area (Å²) in [6.07, 6.45) is 8.18. The van der Waals surface area contributed by atoms with Gasteiger partial charge >= 0.3 is 5.97 Å². The Labute approximate surface area is 149 Å². The van der Waals surface area contributed by atoms with E-state index in [1.165, 1.54) is 24.8 Å². The molecule has 0 spiro atoms. The molecule has 138 valence electrons. The van der Waals surface area contributed by atoms with E-state index in [1.54, 1.807) is 24.3 Å². The van der Waals surface area contributed by atoms with Gasteiger partial charge in [-0.05, 0) is 49.8 Å². The van der Waals surface area contributed by atoms with E-state index in [0.29, 0.717) is 11.3 Å². The van der Waals surface area contributed by atoms with Gasteiger partial charge in [-0.2, -0.15) is 0 Å². The van der Waals surface area contributed by atoms with E-state index in [1.807, 2.05) is 0 Å². The Morgan fingerprint density at radius 3 is 2.64 bits per heavy atom. The van der Waals surface area contributed by atoms with Gasteiger partial charge in [0.1, 0.15) is 18.6 Å². The lowest BCUT2D eigenvalue weighted by Gasteiger charge is -2.20. The predicted octanol–water partition coefficient (Wildman–Crippen LogP) is 5.75. The summed E-state index contributed by atoms with van der Waals surface area (Å²) in [6.45, 7) is 1.22. The zero-order valence-corrected chi connectivity index (χ0v) is 15.0. The highest BCUT2D eigenvalue weighted by Crippen LogP contribution is 2.28. The van der Waals surface area contributed by atoms with E-state index < -0.39 is 12.8 Å². The van der Waals surface area contributed by atoms with Crippen LogP contribution in [0.2, 0.25) is 0 Å². The lowest BCUT2D eigenvalue weighted by Crippen LogP contribution is -2.22. The van der Waals surface area contributed by atoms with Crippen molar-refractivity contribution >= 4 is 5.97 Å². The minimum atomic E-state index is -1.48. The maximum absolute atomic E-state index is 13.0. The van der Waals surface area contributed by atoms with Crippen LogP contribution < -0.4 is 4.74 Å². The molecule has 0 saturated heterocycles. The van der Waals surface area contributed by atoms with Gasteiger partial charge < -0.3 is 4.74 Å². The second-order valence-corrected chi connectivity index (χ2v) is 6.81. The van der Waals surface area contributed by atoms with Crippen molar-refractivity contribution in [2.24, 2.45) is 5.92 Å². The Morgan fingerprint density at radius 2 is 2.04 bits per heavy atom. The van der Waals surface area contributed by atoms with Crippen LogP contribution in [-0.2, 0) is 11.2 Å². The smallest absolute Gasteiger partial charge is 0.314 e. The highest BCUT2D eigenvalue weighted by atomic mass is 19.2. The molecule has 0 amide bonds. The molecule has 2 nitrogen and oxygen atoms in total. The number of ether oxygens (including phenoxy) is 1. The first-order chi connectivity index (χ1) is 12.1. The fraction of sp³-hybridized carbons (Fsp3) is 0.571. The first-order valence-electron chi connectivity index (χ1n) is 9.31. The van der Waals surface area contributed by atoms with Crippen LogP contribution in [0.5, 0.6) is 5.75 Å². The van der Waals surface area contributed by atoms with E-state index in [9.17, 15) is 13.6 Å². The Bertz CT molecular complexity index is 566. The molecule has 2 rings (SSSR count). The number of unbranched alkanes of at least 4 members (excludes halogenated alkanes) is 2. The first-order valence-corrected chi connectivity index (χ1v) is 9.31. The fourth-order valence-electron chi connectivity index (χ4n) is 3.14. The molecule has 0 heterocycles. The van der Waals surface area contributed by atoms with Crippen molar-refractivity contribution in [3.63, 3.8) is 0 Å². The fourth-order valence-corrected chi connectivity index (χ4v) is 3.14. The number of esters is 1. The van der Waals surface area contributed by atoms with Gasteiger partial charge in [-0.25, -0.2) is 8.78 Å². The molecule has 0 saturated carbocycles. The molecule has 2 atom stereocenters. The second kappa shape index (κ2) is 10.3. The van der Waals surface area contributed by atoms with E-state index >= 15 is 0 Å². The molecule has 2 unspecified atom stereocenters. The van der Waals surface area contributed by atoms with Crippen molar-refractivity contribution < 1.29 is 18.3 Å². The first kappa shape index (κ1) is 19.6. The number of alkyl halides is 2. The average molecular weight is 350 g/mol. The molecule has 0 radical (unpaired) electrons. The molecule has 1 aromatic rings. The van der Waals surface area contributed by atoms with Gasteiger partial charge in [-0.15, -0.1) is 0 Å². The Balaban J connectivity index is 1.80. The lowest BCUT2D eigenvalue weighted by molar-refractivity contribution is -0.139. The molecule has 1 aromatic carbocycles. The third-order valence-electron chi connectivity index (χ3n) is 4.71. The van der Waals surface area contributed by atoms with E-state index in [2.05, 4.69) is 13.0 Å². The van der Waals surface area contributed by atoms with Crippen molar-refractivity contribution in [1.82, 2.24) is 0 Å². The molecule has 0 aromatic heterocycles. The Kier molecular flexibility index (Phi) is 8.10. The van der Waals surface area contributed by atoms with Crippen molar-refractivity contribution in [1.29, 1.82) is 0 Å². The summed E-state index contributed by atoms with van der Waals surface area (Å²) in [6, 6.07) is 6.65. The molecule has 25 heavy (non-hydrogen) atoms. The molecule has 4 heteroatoms. The molecule has 1 aliphatic carbocycles. The van der Waals surface area contributed by atoms with E-state index in [4.69, 9.17) is 4.74 Å². The van der Waals surface area contributed by atoms with Gasteiger partial charge in [-0.1, -0.05) is 43.5 Å². The summed E-state index contributed by atoms with van der Waals surface area (Å²) in [7, 11) is 0. The predicted molar refractivity (Wildman–Crippen MR) is 96.2 cm³/mol. The number of halogens is 2. The van der Waals surface area contributed by atoms with Gasteiger partial charge in [0, 0.05) is 6.42 Å². The Morgan fingerprint density at radius 1 is 1.28 bits per heavy atom. The highest BCUT2D eigenvalue weighted by Gasteiger charge is 2.23. The number of hydrogen-bond acceptors (Lipinski definition) is 2. The zero-order valence-electron chi connectivity index (χ0n) is 15.0. The Hall–Kier alpha value is -1.71. The lowest BCUT2D eigenvalue weighted by atomic mass is 9.87. The summed E-state index contributed by atoms with van der Waals surface area (Å²) in [4.78, 5) is 12.3. The highest BCUT2D eigenvalue weighted by molar-refractivity contribution is 5.75. The second-order valence-electron chi connectivity index (χ2n) is 6.81. The number of hydrogen-bond donors (Lipinski definition) is 0. The molecule has 0 N–H and O–H groups in total. The SMILES string of the molecule is CCCCCC1=CCC(C(=O)Oc2ccc(CC(F)CF)cc2)CC1. The summed E-state index contributed by atoms with van der Waals surface area (Å²) in [5, 5.41) is 0. The van der Waals surface area contributed by atoms with Gasteiger partial charge in [0.05, 0.1) is 5.92 Å². The standard InChI is InChI=1S/C21H28F2O2/c1-2-3-4-5-16-6-10-18(11-7-16)21(24)25-20-12-8-17(9-13-20)14-19(23)15-22/h6,8-9,12-13,18-19H,2-5,7,10-11,14-15H2,1H3. The summed E-state index contributed by atoms with van der Waals surface area (Å²) in [5.41, 5.74) is 2.16. The van der Waals surface area contributed by atoms with Crippen LogP contribution in [0.1, 0.15) is 57.4 Å². The van der Waals surface area contributed by atoms with Gasteiger partial charge in [0.2, 0.25) is 0 Å². The molecular formula is C21H28F2O2. The van der Waals surface area contributed by atoms with Crippen LogP contribution in [0, 0.1) is 5.92 Å².